The lowest BCUT2D eigenvalue weighted by molar-refractivity contribution is 0.149. The summed E-state index contributed by atoms with van der Waals surface area (Å²) < 4.78 is 5.50. The average Bonchev–Trinajstić information content (AvgIpc) is 2.78. The molecule has 2 heterocycles. The van der Waals surface area contributed by atoms with Gasteiger partial charge in [0.1, 0.15) is 6.26 Å². The van der Waals surface area contributed by atoms with Gasteiger partial charge in [-0.3, -0.25) is 0 Å². The van der Waals surface area contributed by atoms with Gasteiger partial charge in [-0.15, -0.1) is 0 Å². The molecule has 0 saturated carbocycles. The second kappa shape index (κ2) is 5.65. The van der Waals surface area contributed by atoms with Crippen molar-refractivity contribution < 1.29 is 4.42 Å². The Morgan fingerprint density at radius 1 is 1.59 bits per heavy atom. The Bertz CT molecular complexity index is 348. The zero-order valence-electron chi connectivity index (χ0n) is 10.9. The van der Waals surface area contributed by atoms with E-state index in [0.717, 1.165) is 24.6 Å². The number of likely N-dealkylation sites (N-methyl/N-ethyl adjacent to an activating group) is 1. The van der Waals surface area contributed by atoms with Gasteiger partial charge in [-0.1, -0.05) is 13.3 Å². The first-order chi connectivity index (χ1) is 8.20. The van der Waals surface area contributed by atoms with Crippen LogP contribution in [0, 0.1) is 0 Å². The van der Waals surface area contributed by atoms with Crippen molar-refractivity contribution in [3.8, 4) is 0 Å². The summed E-state index contributed by atoms with van der Waals surface area (Å²) in [6.07, 6.45) is 6.51. The molecule has 1 saturated heterocycles. The molecule has 2 N–H and O–H groups in total. The number of hydrogen-bond acceptors (Lipinski definition) is 4. The first-order valence-electron chi connectivity index (χ1n) is 6.64. The molecular weight excluding hydrogens is 214 g/mol. The molecular formula is C13H23N3O. The Balaban J connectivity index is 1.98. The second-order valence-corrected chi connectivity index (χ2v) is 4.94. The van der Waals surface area contributed by atoms with Crippen LogP contribution in [-0.4, -0.2) is 29.0 Å². The van der Waals surface area contributed by atoms with Crippen LogP contribution in [0.4, 0.5) is 0 Å². The van der Waals surface area contributed by atoms with Gasteiger partial charge in [-0.2, -0.15) is 0 Å². The molecule has 1 aromatic rings. The maximum atomic E-state index is 5.78. The lowest BCUT2D eigenvalue weighted by Crippen LogP contribution is -2.40. The fourth-order valence-electron chi connectivity index (χ4n) is 2.54. The Morgan fingerprint density at radius 2 is 2.41 bits per heavy atom. The number of nitrogens with two attached hydrogens (primary N) is 1. The van der Waals surface area contributed by atoms with Crippen LogP contribution in [0.2, 0.25) is 0 Å². The summed E-state index contributed by atoms with van der Waals surface area (Å²) >= 11 is 0. The van der Waals surface area contributed by atoms with Crippen molar-refractivity contribution in [1.82, 2.24) is 9.88 Å². The molecule has 17 heavy (non-hydrogen) atoms. The summed E-state index contributed by atoms with van der Waals surface area (Å²) in [5, 5.41) is 0. The van der Waals surface area contributed by atoms with Crippen molar-refractivity contribution in [2.45, 2.75) is 51.6 Å². The van der Waals surface area contributed by atoms with E-state index in [-0.39, 0.29) is 6.04 Å². The minimum Gasteiger partial charge on any atom is -0.449 e. The smallest absolute Gasteiger partial charge is 0.195 e. The SMILES string of the molecule is CCN1CCCCC1Cc1nc(C(C)N)co1. The zero-order chi connectivity index (χ0) is 12.3. The molecule has 4 nitrogen and oxygen atoms in total. The Labute approximate surface area is 103 Å². The average molecular weight is 237 g/mol. The fourth-order valence-corrected chi connectivity index (χ4v) is 2.54. The third kappa shape index (κ3) is 3.07. The number of rotatable bonds is 4. The molecule has 1 aromatic heterocycles. The van der Waals surface area contributed by atoms with Gasteiger partial charge < -0.3 is 15.1 Å². The normalized spacial score (nSPS) is 23.8. The summed E-state index contributed by atoms with van der Waals surface area (Å²) in [6, 6.07) is 0.550. The van der Waals surface area contributed by atoms with E-state index in [1.807, 2.05) is 6.92 Å². The van der Waals surface area contributed by atoms with E-state index in [1.165, 1.54) is 25.8 Å². The highest BCUT2D eigenvalue weighted by Crippen LogP contribution is 2.20. The first-order valence-corrected chi connectivity index (χ1v) is 6.64. The first kappa shape index (κ1) is 12.6. The van der Waals surface area contributed by atoms with Gasteiger partial charge in [0.05, 0.1) is 5.69 Å². The summed E-state index contributed by atoms with van der Waals surface area (Å²) in [4.78, 5) is 6.98. The third-order valence-corrected chi connectivity index (χ3v) is 3.60. The maximum absolute atomic E-state index is 5.78. The van der Waals surface area contributed by atoms with Crippen LogP contribution in [-0.2, 0) is 6.42 Å². The summed E-state index contributed by atoms with van der Waals surface area (Å²) in [5.74, 6) is 0.836. The molecule has 0 bridgehead atoms. The van der Waals surface area contributed by atoms with E-state index in [1.54, 1.807) is 6.26 Å². The molecule has 2 atom stereocenters. The van der Waals surface area contributed by atoms with E-state index in [4.69, 9.17) is 10.2 Å². The monoisotopic (exact) mass is 237 g/mol. The lowest BCUT2D eigenvalue weighted by atomic mass is 9.99. The van der Waals surface area contributed by atoms with Crippen molar-refractivity contribution in [3.05, 3.63) is 17.8 Å². The number of oxazole rings is 1. The number of hydrogen-bond donors (Lipinski definition) is 1. The number of likely N-dealkylation sites (tertiary alicyclic amines) is 1. The molecule has 0 radical (unpaired) electrons. The van der Waals surface area contributed by atoms with Crippen LogP contribution in [0.3, 0.4) is 0 Å². The lowest BCUT2D eigenvalue weighted by Gasteiger charge is -2.34. The topological polar surface area (TPSA) is 55.3 Å². The number of aromatic nitrogens is 1. The standard InChI is InChI=1S/C13H23N3O/c1-3-16-7-5-4-6-11(16)8-13-15-12(9-17-13)10(2)14/h9-11H,3-8,14H2,1-2H3. The van der Waals surface area contributed by atoms with Crippen molar-refractivity contribution in [2.24, 2.45) is 5.73 Å². The molecule has 96 valence electrons. The molecule has 0 aliphatic carbocycles. The highest BCUT2D eigenvalue weighted by molar-refractivity contribution is 5.02. The van der Waals surface area contributed by atoms with E-state index < -0.39 is 0 Å². The van der Waals surface area contributed by atoms with Crippen LogP contribution < -0.4 is 5.73 Å². The maximum Gasteiger partial charge on any atom is 0.195 e. The summed E-state index contributed by atoms with van der Waals surface area (Å²) in [7, 11) is 0. The second-order valence-electron chi connectivity index (χ2n) is 4.94. The van der Waals surface area contributed by atoms with Crippen molar-refractivity contribution in [2.75, 3.05) is 13.1 Å². The van der Waals surface area contributed by atoms with Gasteiger partial charge in [-0.25, -0.2) is 4.98 Å². The molecule has 1 aliphatic heterocycles. The molecule has 2 unspecified atom stereocenters. The van der Waals surface area contributed by atoms with Gasteiger partial charge >= 0.3 is 0 Å². The van der Waals surface area contributed by atoms with E-state index in [0.29, 0.717) is 6.04 Å². The molecule has 4 heteroatoms. The highest BCUT2D eigenvalue weighted by atomic mass is 16.3. The predicted octanol–water partition coefficient (Wildman–Crippen LogP) is 2.11. The zero-order valence-corrected chi connectivity index (χ0v) is 10.9. The van der Waals surface area contributed by atoms with Crippen LogP contribution in [0.15, 0.2) is 10.7 Å². The Morgan fingerprint density at radius 3 is 3.06 bits per heavy atom. The summed E-state index contributed by atoms with van der Waals surface area (Å²) in [5.41, 5.74) is 6.64. The van der Waals surface area contributed by atoms with E-state index in [2.05, 4.69) is 16.8 Å². The molecule has 0 aromatic carbocycles. The third-order valence-electron chi connectivity index (χ3n) is 3.60. The van der Waals surface area contributed by atoms with E-state index in [9.17, 15) is 0 Å². The van der Waals surface area contributed by atoms with Gasteiger partial charge in [0, 0.05) is 18.5 Å². The highest BCUT2D eigenvalue weighted by Gasteiger charge is 2.23. The van der Waals surface area contributed by atoms with Gasteiger partial charge in [0.25, 0.3) is 0 Å². The Hall–Kier alpha value is -0.870. The molecule has 0 amide bonds. The predicted molar refractivity (Wildman–Crippen MR) is 67.7 cm³/mol. The molecule has 1 fully saturated rings. The number of piperidine rings is 1. The van der Waals surface area contributed by atoms with Crippen LogP contribution in [0.1, 0.15) is 50.7 Å². The summed E-state index contributed by atoms with van der Waals surface area (Å²) in [6.45, 7) is 6.48. The van der Waals surface area contributed by atoms with Crippen LogP contribution in [0.25, 0.3) is 0 Å². The minimum absolute atomic E-state index is 0.0406. The Kier molecular flexibility index (Phi) is 4.18. The van der Waals surface area contributed by atoms with Crippen molar-refractivity contribution >= 4 is 0 Å². The van der Waals surface area contributed by atoms with Gasteiger partial charge in [-0.05, 0) is 32.9 Å². The van der Waals surface area contributed by atoms with E-state index >= 15 is 0 Å². The van der Waals surface area contributed by atoms with Gasteiger partial charge in [0.15, 0.2) is 5.89 Å². The molecule has 1 aliphatic rings. The fraction of sp³-hybridized carbons (Fsp3) is 0.769. The van der Waals surface area contributed by atoms with Crippen molar-refractivity contribution in [3.63, 3.8) is 0 Å². The molecule has 0 spiro atoms. The van der Waals surface area contributed by atoms with Gasteiger partial charge in [0.2, 0.25) is 0 Å². The quantitative estimate of drug-likeness (QED) is 0.871. The largest absolute Gasteiger partial charge is 0.449 e. The van der Waals surface area contributed by atoms with Crippen LogP contribution >= 0.6 is 0 Å². The van der Waals surface area contributed by atoms with Crippen molar-refractivity contribution in [1.29, 1.82) is 0 Å². The number of nitrogens with zero attached hydrogens (tertiary/aromatic N) is 2. The van der Waals surface area contributed by atoms with Crippen LogP contribution in [0.5, 0.6) is 0 Å². The molecule has 2 rings (SSSR count). The minimum atomic E-state index is -0.0406.